The van der Waals surface area contributed by atoms with Crippen molar-refractivity contribution in [1.82, 2.24) is 5.43 Å². The van der Waals surface area contributed by atoms with Gasteiger partial charge in [-0.25, -0.2) is 10.2 Å². The molecule has 0 saturated carbocycles. The van der Waals surface area contributed by atoms with Crippen molar-refractivity contribution in [1.29, 1.82) is 0 Å². The van der Waals surface area contributed by atoms with Crippen molar-refractivity contribution in [3.63, 3.8) is 0 Å². The van der Waals surface area contributed by atoms with Crippen molar-refractivity contribution < 1.29 is 9.53 Å². The minimum Gasteiger partial charge on any atom is -0.443 e. The Balaban J connectivity index is 2.15. The van der Waals surface area contributed by atoms with Crippen LogP contribution in [0.25, 0.3) is 0 Å². The molecule has 0 aliphatic carbocycles. The summed E-state index contributed by atoms with van der Waals surface area (Å²) in [6.45, 7) is 2.53. The highest BCUT2D eigenvalue weighted by atomic mass is 16.6. The molecule has 1 unspecified atom stereocenters. The topological polar surface area (TPSA) is 41.6 Å². The zero-order valence-corrected chi connectivity index (χ0v) is 7.93. The molecule has 1 amide bonds. The Bertz CT molecular complexity index is 326. The maximum absolute atomic E-state index is 11.1. The molecular weight excluding hydrogens is 180 g/mol. The Morgan fingerprint density at radius 2 is 2.14 bits per heavy atom. The smallest absolute Gasteiger partial charge is 0.426 e. The summed E-state index contributed by atoms with van der Waals surface area (Å²) >= 11 is 0. The van der Waals surface area contributed by atoms with Crippen LogP contribution < -0.4 is 10.4 Å². The maximum atomic E-state index is 11.1. The van der Waals surface area contributed by atoms with Gasteiger partial charge in [0.05, 0.1) is 12.2 Å². The second kappa shape index (κ2) is 3.57. The number of nitrogens with zero attached hydrogens (tertiary/aromatic N) is 1. The molecule has 1 N–H and O–H groups in total. The van der Waals surface area contributed by atoms with Gasteiger partial charge in [0.25, 0.3) is 0 Å². The van der Waals surface area contributed by atoms with Gasteiger partial charge in [0.2, 0.25) is 0 Å². The van der Waals surface area contributed by atoms with Crippen LogP contribution >= 0.6 is 0 Å². The molecule has 0 aromatic heterocycles. The molecule has 74 valence electrons. The van der Waals surface area contributed by atoms with Crippen LogP contribution in [-0.4, -0.2) is 18.7 Å². The molecule has 1 heterocycles. The van der Waals surface area contributed by atoms with Crippen LogP contribution in [0.15, 0.2) is 30.3 Å². The van der Waals surface area contributed by atoms with Gasteiger partial charge in [-0.05, 0) is 19.1 Å². The number of anilines is 1. The fraction of sp³-hybridized carbons (Fsp3) is 0.300. The Kier molecular flexibility index (Phi) is 2.26. The molecule has 1 aliphatic heterocycles. The van der Waals surface area contributed by atoms with E-state index in [1.165, 1.54) is 0 Å². The molecule has 4 nitrogen and oxygen atoms in total. The maximum Gasteiger partial charge on any atom is 0.426 e. The van der Waals surface area contributed by atoms with Crippen LogP contribution in [0.4, 0.5) is 10.5 Å². The number of hydrazine groups is 1. The quantitative estimate of drug-likeness (QED) is 0.733. The first-order chi connectivity index (χ1) is 6.75. The fourth-order valence-electron chi connectivity index (χ4n) is 1.44. The minimum atomic E-state index is -0.396. The average Bonchev–Trinajstić information content (AvgIpc) is 2.18. The van der Waals surface area contributed by atoms with Gasteiger partial charge >= 0.3 is 6.09 Å². The lowest BCUT2D eigenvalue weighted by Crippen LogP contribution is -2.52. The van der Waals surface area contributed by atoms with Crippen LogP contribution in [0.5, 0.6) is 0 Å². The van der Waals surface area contributed by atoms with Gasteiger partial charge in [-0.3, -0.25) is 5.01 Å². The number of cyclic esters (lactones) is 1. The number of benzene rings is 1. The third-order valence-electron chi connectivity index (χ3n) is 2.04. The summed E-state index contributed by atoms with van der Waals surface area (Å²) in [6, 6.07) is 9.69. The Labute approximate surface area is 82.4 Å². The predicted molar refractivity (Wildman–Crippen MR) is 52.9 cm³/mol. The molecule has 1 aliphatic rings. The third-order valence-corrected chi connectivity index (χ3v) is 2.04. The van der Waals surface area contributed by atoms with Crippen LogP contribution in [0.2, 0.25) is 0 Å². The molecule has 0 spiro atoms. The first-order valence-corrected chi connectivity index (χ1v) is 4.55. The summed E-state index contributed by atoms with van der Waals surface area (Å²) in [6.07, 6.45) is -0.475. The summed E-state index contributed by atoms with van der Waals surface area (Å²) in [5.41, 5.74) is 3.60. The molecule has 0 radical (unpaired) electrons. The van der Waals surface area contributed by atoms with E-state index in [-0.39, 0.29) is 6.10 Å². The van der Waals surface area contributed by atoms with E-state index in [2.05, 4.69) is 5.43 Å². The first-order valence-electron chi connectivity index (χ1n) is 4.55. The number of hydrogen-bond donors (Lipinski definition) is 1. The summed E-state index contributed by atoms with van der Waals surface area (Å²) in [5.74, 6) is 0. The Hall–Kier alpha value is -1.71. The van der Waals surface area contributed by atoms with E-state index in [0.717, 1.165) is 5.69 Å². The number of para-hydroxylation sites is 1. The van der Waals surface area contributed by atoms with Crippen molar-refractivity contribution in [2.75, 3.05) is 11.6 Å². The summed E-state index contributed by atoms with van der Waals surface area (Å²) in [4.78, 5) is 11.1. The molecule has 1 atom stereocenters. The molecule has 14 heavy (non-hydrogen) atoms. The van der Waals surface area contributed by atoms with Crippen molar-refractivity contribution in [3.05, 3.63) is 30.3 Å². The zero-order chi connectivity index (χ0) is 9.97. The minimum absolute atomic E-state index is 0.0797. The van der Waals surface area contributed by atoms with E-state index < -0.39 is 6.09 Å². The number of hydrogen-bond acceptors (Lipinski definition) is 3. The highest BCUT2D eigenvalue weighted by Crippen LogP contribution is 2.14. The standard InChI is InChI=1S/C10H12N2O2/c1-8-7-12(11-10(13)14-8)9-5-3-2-4-6-9/h2-6,8H,7H2,1H3,(H,11,13). The van der Waals surface area contributed by atoms with Gasteiger partial charge in [-0.1, -0.05) is 18.2 Å². The molecule has 1 aromatic rings. The van der Waals surface area contributed by atoms with Crippen molar-refractivity contribution in [2.45, 2.75) is 13.0 Å². The van der Waals surface area contributed by atoms with E-state index >= 15 is 0 Å². The normalized spacial score (nSPS) is 21.4. The first kappa shape index (κ1) is 8.87. The number of ether oxygens (including phenoxy) is 1. The second-order valence-corrected chi connectivity index (χ2v) is 3.27. The highest BCUT2D eigenvalue weighted by molar-refractivity contribution is 5.71. The largest absolute Gasteiger partial charge is 0.443 e. The molecular formula is C10H12N2O2. The molecule has 4 heteroatoms. The van der Waals surface area contributed by atoms with E-state index in [0.29, 0.717) is 6.54 Å². The van der Waals surface area contributed by atoms with E-state index in [4.69, 9.17) is 4.74 Å². The van der Waals surface area contributed by atoms with Gasteiger partial charge in [-0.2, -0.15) is 0 Å². The van der Waals surface area contributed by atoms with E-state index in [1.807, 2.05) is 37.3 Å². The summed E-state index contributed by atoms with van der Waals surface area (Å²) < 4.78 is 4.95. The van der Waals surface area contributed by atoms with Crippen LogP contribution in [0, 0.1) is 0 Å². The second-order valence-electron chi connectivity index (χ2n) is 3.27. The SMILES string of the molecule is CC1CN(c2ccccc2)NC(=O)O1. The van der Waals surface area contributed by atoms with Gasteiger partial charge < -0.3 is 4.74 Å². The Morgan fingerprint density at radius 1 is 1.43 bits per heavy atom. The van der Waals surface area contributed by atoms with E-state index in [1.54, 1.807) is 5.01 Å². The summed E-state index contributed by atoms with van der Waals surface area (Å²) in [5, 5.41) is 1.79. The highest BCUT2D eigenvalue weighted by Gasteiger charge is 2.22. The van der Waals surface area contributed by atoms with Gasteiger partial charge in [0.1, 0.15) is 6.10 Å². The predicted octanol–water partition coefficient (Wildman–Crippen LogP) is 1.54. The number of amides is 1. The Morgan fingerprint density at radius 3 is 2.79 bits per heavy atom. The lowest BCUT2D eigenvalue weighted by molar-refractivity contribution is 0.0893. The molecule has 1 aromatic carbocycles. The zero-order valence-electron chi connectivity index (χ0n) is 7.93. The fourth-order valence-corrected chi connectivity index (χ4v) is 1.44. The number of carbonyl (C=O) groups is 1. The average molecular weight is 192 g/mol. The van der Waals surface area contributed by atoms with Crippen molar-refractivity contribution >= 4 is 11.8 Å². The molecule has 1 fully saturated rings. The van der Waals surface area contributed by atoms with Crippen molar-refractivity contribution in [2.24, 2.45) is 0 Å². The van der Waals surface area contributed by atoms with Gasteiger partial charge in [-0.15, -0.1) is 0 Å². The lowest BCUT2D eigenvalue weighted by Gasteiger charge is -2.32. The van der Waals surface area contributed by atoms with Crippen LogP contribution in [0.3, 0.4) is 0 Å². The number of carbonyl (C=O) groups excluding carboxylic acids is 1. The lowest BCUT2D eigenvalue weighted by atomic mass is 10.3. The van der Waals surface area contributed by atoms with Crippen molar-refractivity contribution in [3.8, 4) is 0 Å². The van der Waals surface area contributed by atoms with E-state index in [9.17, 15) is 4.79 Å². The summed E-state index contributed by atoms with van der Waals surface area (Å²) in [7, 11) is 0. The van der Waals surface area contributed by atoms with Gasteiger partial charge in [0, 0.05) is 0 Å². The monoisotopic (exact) mass is 192 g/mol. The van der Waals surface area contributed by atoms with Gasteiger partial charge in [0.15, 0.2) is 0 Å². The molecule has 0 bridgehead atoms. The number of rotatable bonds is 1. The van der Waals surface area contributed by atoms with Crippen LogP contribution in [0.1, 0.15) is 6.92 Å². The number of nitrogens with one attached hydrogen (secondary N) is 1. The third kappa shape index (κ3) is 1.79. The van der Waals surface area contributed by atoms with Crippen LogP contribution in [-0.2, 0) is 4.74 Å². The molecule has 2 rings (SSSR count). The molecule has 1 saturated heterocycles.